The largest absolute Gasteiger partial charge is 0.410 e. The maximum Gasteiger partial charge on any atom is 0.192 e. The highest BCUT2D eigenvalue weighted by molar-refractivity contribution is 6.74. The zero-order valence-electron chi connectivity index (χ0n) is 19.1. The van der Waals surface area contributed by atoms with Crippen LogP contribution in [0.1, 0.15) is 55.5 Å². The number of benzene rings is 3. The van der Waals surface area contributed by atoms with Crippen LogP contribution in [0.15, 0.2) is 78.9 Å². The average molecular weight is 431 g/mol. The van der Waals surface area contributed by atoms with Crippen LogP contribution in [0, 0.1) is 5.82 Å². The van der Waals surface area contributed by atoms with Crippen molar-refractivity contribution in [3.63, 3.8) is 0 Å². The van der Waals surface area contributed by atoms with Gasteiger partial charge in [-0.15, -0.1) is 0 Å². The van der Waals surface area contributed by atoms with Gasteiger partial charge in [0.05, 0.1) is 6.10 Å². The molecule has 0 bridgehead atoms. The van der Waals surface area contributed by atoms with Gasteiger partial charge in [0.2, 0.25) is 0 Å². The predicted molar refractivity (Wildman–Crippen MR) is 131 cm³/mol. The summed E-state index contributed by atoms with van der Waals surface area (Å²) in [6.07, 6.45) is 0.874. The van der Waals surface area contributed by atoms with Gasteiger partial charge in [-0.25, -0.2) is 4.39 Å². The van der Waals surface area contributed by atoms with Crippen LogP contribution < -0.4 is 0 Å². The second-order valence-corrected chi connectivity index (χ2v) is 14.6. The van der Waals surface area contributed by atoms with E-state index >= 15 is 0 Å². The van der Waals surface area contributed by atoms with Gasteiger partial charge in [-0.2, -0.15) is 0 Å². The van der Waals surface area contributed by atoms with Gasteiger partial charge < -0.3 is 4.43 Å². The third-order valence-electron chi connectivity index (χ3n) is 6.76. The molecule has 3 aromatic rings. The molecule has 4 rings (SSSR count). The van der Waals surface area contributed by atoms with E-state index in [0.29, 0.717) is 0 Å². The van der Waals surface area contributed by atoms with Crippen LogP contribution >= 0.6 is 0 Å². The van der Waals surface area contributed by atoms with Crippen LogP contribution in [0.2, 0.25) is 18.1 Å². The first kappa shape index (κ1) is 21.7. The molecule has 3 aromatic carbocycles. The van der Waals surface area contributed by atoms with E-state index < -0.39 is 8.32 Å². The van der Waals surface area contributed by atoms with Crippen molar-refractivity contribution in [1.29, 1.82) is 0 Å². The summed E-state index contributed by atoms with van der Waals surface area (Å²) in [5.74, 6) is -0.216. The third-order valence-corrected chi connectivity index (χ3v) is 11.2. The third kappa shape index (κ3) is 4.30. The second-order valence-electron chi connectivity index (χ2n) is 9.88. The van der Waals surface area contributed by atoms with Gasteiger partial charge in [0, 0.05) is 6.42 Å². The molecule has 1 aliphatic carbocycles. The Morgan fingerprint density at radius 3 is 2.06 bits per heavy atom. The smallest absolute Gasteiger partial charge is 0.192 e. The monoisotopic (exact) mass is 430 g/mol. The van der Waals surface area contributed by atoms with Crippen LogP contribution in [-0.2, 0) is 4.43 Å². The van der Waals surface area contributed by atoms with Crippen LogP contribution in [0.3, 0.4) is 0 Å². The number of fused-ring (bicyclic) bond motifs is 1. The Bertz CT molecular complexity index is 1090. The molecule has 0 saturated carbocycles. The first-order valence-electron chi connectivity index (χ1n) is 11.0. The number of halogens is 1. The molecule has 0 fully saturated rings. The summed E-state index contributed by atoms with van der Waals surface area (Å²) in [7, 11) is -1.94. The fourth-order valence-corrected chi connectivity index (χ4v) is 5.34. The first-order valence-corrected chi connectivity index (χ1v) is 13.9. The quantitative estimate of drug-likeness (QED) is 0.379. The first-order chi connectivity index (χ1) is 14.7. The van der Waals surface area contributed by atoms with E-state index in [4.69, 9.17) is 4.43 Å². The Labute approximate surface area is 186 Å². The molecule has 0 aromatic heterocycles. The lowest BCUT2D eigenvalue weighted by atomic mass is 9.90. The molecule has 1 unspecified atom stereocenters. The van der Waals surface area contributed by atoms with Crippen molar-refractivity contribution in [3.05, 3.63) is 107 Å². The Balaban J connectivity index is 1.88. The maximum atomic E-state index is 13.7. The van der Waals surface area contributed by atoms with Gasteiger partial charge >= 0.3 is 0 Å². The van der Waals surface area contributed by atoms with Gasteiger partial charge in [0.1, 0.15) is 5.82 Å². The normalized spacial score (nSPS) is 18.1. The summed E-state index contributed by atoms with van der Waals surface area (Å²) in [5.41, 5.74) is 7.12. The fourth-order valence-electron chi connectivity index (χ4n) is 4.07. The molecule has 0 N–H and O–H groups in total. The van der Waals surface area contributed by atoms with Gasteiger partial charge in [0.25, 0.3) is 0 Å². The minimum absolute atomic E-state index is 0.0475. The Morgan fingerprint density at radius 1 is 0.839 bits per heavy atom. The lowest BCUT2D eigenvalue weighted by Gasteiger charge is -2.38. The van der Waals surface area contributed by atoms with Crippen LogP contribution in [0.5, 0.6) is 0 Å². The maximum absolute atomic E-state index is 13.7. The van der Waals surface area contributed by atoms with Crippen molar-refractivity contribution in [2.45, 2.75) is 51.4 Å². The molecule has 1 atom stereocenters. The highest BCUT2D eigenvalue weighted by atomic mass is 28.4. The molecular weight excluding hydrogens is 399 g/mol. The molecule has 0 saturated heterocycles. The molecule has 0 aliphatic heterocycles. The highest BCUT2D eigenvalue weighted by Crippen LogP contribution is 2.50. The van der Waals surface area contributed by atoms with Gasteiger partial charge in [-0.3, -0.25) is 0 Å². The molecule has 0 amide bonds. The Hall–Kier alpha value is -2.49. The number of hydrogen-bond acceptors (Lipinski definition) is 1. The van der Waals surface area contributed by atoms with Crippen molar-refractivity contribution in [2.75, 3.05) is 0 Å². The molecule has 3 heteroatoms. The van der Waals surface area contributed by atoms with Gasteiger partial charge in [-0.05, 0) is 63.7 Å². The minimum atomic E-state index is -1.94. The van der Waals surface area contributed by atoms with E-state index in [1.165, 1.54) is 16.7 Å². The predicted octanol–water partition coefficient (Wildman–Crippen LogP) is 8.25. The van der Waals surface area contributed by atoms with E-state index in [1.54, 1.807) is 12.1 Å². The molecule has 160 valence electrons. The summed E-state index contributed by atoms with van der Waals surface area (Å²) in [6, 6.07) is 25.9. The molecule has 1 nitrogen and oxygen atoms in total. The molecular formula is C28H31FOSi. The van der Waals surface area contributed by atoms with Crippen molar-refractivity contribution in [2.24, 2.45) is 0 Å². The summed E-state index contributed by atoms with van der Waals surface area (Å²) in [6.45, 7) is 11.5. The van der Waals surface area contributed by atoms with Crippen molar-refractivity contribution < 1.29 is 8.82 Å². The topological polar surface area (TPSA) is 9.23 Å². The molecule has 1 aliphatic rings. The second kappa shape index (κ2) is 8.21. The van der Waals surface area contributed by atoms with Crippen molar-refractivity contribution >= 4 is 19.5 Å². The van der Waals surface area contributed by atoms with Crippen molar-refractivity contribution in [1.82, 2.24) is 0 Å². The molecule has 0 radical (unpaired) electrons. The average Bonchev–Trinajstić information content (AvgIpc) is 3.07. The van der Waals surface area contributed by atoms with Gasteiger partial charge in [0.15, 0.2) is 8.32 Å². The van der Waals surface area contributed by atoms with Crippen LogP contribution in [0.25, 0.3) is 11.1 Å². The highest BCUT2D eigenvalue weighted by Gasteiger charge is 2.41. The summed E-state index contributed by atoms with van der Waals surface area (Å²) in [4.78, 5) is 0. The minimum Gasteiger partial charge on any atom is -0.410 e. The molecule has 31 heavy (non-hydrogen) atoms. The van der Waals surface area contributed by atoms with E-state index in [0.717, 1.165) is 23.1 Å². The zero-order valence-corrected chi connectivity index (χ0v) is 20.1. The lowest BCUT2D eigenvalue weighted by molar-refractivity contribution is 0.195. The zero-order chi connectivity index (χ0) is 22.2. The van der Waals surface area contributed by atoms with E-state index in [2.05, 4.69) is 82.4 Å². The SMILES string of the molecule is CC(C)(C)[Si](C)(C)OC1C/C(=C(/c2ccccc2)c2ccc(F)cc2)c2ccccc21. The summed E-state index contributed by atoms with van der Waals surface area (Å²) >= 11 is 0. The Morgan fingerprint density at radius 2 is 1.42 bits per heavy atom. The van der Waals surface area contributed by atoms with Crippen LogP contribution in [0.4, 0.5) is 4.39 Å². The van der Waals surface area contributed by atoms with Crippen LogP contribution in [-0.4, -0.2) is 8.32 Å². The summed E-state index contributed by atoms with van der Waals surface area (Å²) in [5, 5.41) is 0.146. The van der Waals surface area contributed by atoms with E-state index in [-0.39, 0.29) is 17.0 Å². The van der Waals surface area contributed by atoms with E-state index in [9.17, 15) is 4.39 Å². The number of rotatable bonds is 4. The molecule has 0 spiro atoms. The van der Waals surface area contributed by atoms with Gasteiger partial charge in [-0.1, -0.05) is 87.5 Å². The number of hydrogen-bond donors (Lipinski definition) is 0. The Kier molecular flexibility index (Phi) is 5.76. The summed E-state index contributed by atoms with van der Waals surface area (Å²) < 4.78 is 20.6. The molecule has 0 heterocycles. The standard InChI is InChI=1S/C28H31FOSi/c1-28(2,3)31(4,5)30-26-19-25(23-13-9-10-14-24(23)26)27(20-11-7-6-8-12-20)21-15-17-22(29)18-16-21/h6-18,26H,19H2,1-5H3/b27-25+. The lowest BCUT2D eigenvalue weighted by Crippen LogP contribution is -2.41. The fraction of sp³-hybridized carbons (Fsp3) is 0.286. The van der Waals surface area contributed by atoms with E-state index in [1.807, 2.05) is 18.2 Å². The van der Waals surface area contributed by atoms with Crippen molar-refractivity contribution in [3.8, 4) is 0 Å².